The van der Waals surface area contributed by atoms with Gasteiger partial charge in [-0.15, -0.1) is 0 Å². The molecule has 2 aromatic rings. The molecule has 0 unspecified atom stereocenters. The first kappa shape index (κ1) is 20.4. The predicted octanol–water partition coefficient (Wildman–Crippen LogP) is 3.80. The second-order valence-electron chi connectivity index (χ2n) is 6.51. The van der Waals surface area contributed by atoms with E-state index in [1.54, 1.807) is 42.5 Å². The summed E-state index contributed by atoms with van der Waals surface area (Å²) >= 11 is 6.22. The number of benzene rings is 2. The standard InChI is InChI=1S/C21H19ClN2O5/c1-12(2)29-18-9-4-13(11-17(18)22)10-16-19(25)23-21(27)24(20(16)26)14-5-7-15(28-3)8-6-14/h4-12H,1-3H3,(H,23,25,27)/b16-10+. The second-order valence-corrected chi connectivity index (χ2v) is 6.92. The first-order chi connectivity index (χ1) is 13.8. The third-order valence-corrected chi connectivity index (χ3v) is 4.36. The molecule has 1 saturated heterocycles. The van der Waals surface area contributed by atoms with Gasteiger partial charge in [-0.05, 0) is 61.9 Å². The Labute approximate surface area is 172 Å². The molecule has 8 heteroatoms. The van der Waals surface area contributed by atoms with Gasteiger partial charge in [0.15, 0.2) is 0 Å². The van der Waals surface area contributed by atoms with E-state index in [2.05, 4.69) is 5.32 Å². The van der Waals surface area contributed by atoms with Crippen LogP contribution in [0.2, 0.25) is 5.02 Å². The SMILES string of the molecule is COc1ccc(N2C(=O)NC(=O)/C(=C\c3ccc(OC(C)C)c(Cl)c3)C2=O)cc1. The first-order valence-electron chi connectivity index (χ1n) is 8.82. The summed E-state index contributed by atoms with van der Waals surface area (Å²) in [6.45, 7) is 3.75. The molecule has 0 radical (unpaired) electrons. The van der Waals surface area contributed by atoms with Crippen molar-refractivity contribution in [1.82, 2.24) is 5.32 Å². The maximum Gasteiger partial charge on any atom is 0.335 e. The minimum absolute atomic E-state index is 0.0496. The molecule has 7 nitrogen and oxygen atoms in total. The summed E-state index contributed by atoms with van der Waals surface area (Å²) in [5.74, 6) is -0.437. The van der Waals surface area contributed by atoms with Gasteiger partial charge in [0.1, 0.15) is 17.1 Å². The lowest BCUT2D eigenvalue weighted by atomic mass is 10.1. The summed E-state index contributed by atoms with van der Waals surface area (Å²) < 4.78 is 10.7. The van der Waals surface area contributed by atoms with E-state index >= 15 is 0 Å². The van der Waals surface area contributed by atoms with E-state index in [1.807, 2.05) is 13.8 Å². The molecule has 0 saturated carbocycles. The summed E-state index contributed by atoms with van der Waals surface area (Å²) in [5, 5.41) is 2.53. The van der Waals surface area contributed by atoms with Crippen molar-refractivity contribution in [2.45, 2.75) is 20.0 Å². The van der Waals surface area contributed by atoms with Crippen molar-refractivity contribution in [1.29, 1.82) is 0 Å². The van der Waals surface area contributed by atoms with Crippen molar-refractivity contribution in [3.8, 4) is 11.5 Å². The fraction of sp³-hybridized carbons (Fsp3) is 0.190. The molecule has 1 fully saturated rings. The molecule has 4 amide bonds. The Balaban J connectivity index is 1.93. The zero-order chi connectivity index (χ0) is 21.1. The summed E-state index contributed by atoms with van der Waals surface area (Å²) in [7, 11) is 1.51. The Morgan fingerprint density at radius 1 is 1.07 bits per heavy atom. The van der Waals surface area contributed by atoms with E-state index in [4.69, 9.17) is 21.1 Å². The minimum atomic E-state index is -0.818. The number of halogens is 1. The molecule has 150 valence electrons. The monoisotopic (exact) mass is 414 g/mol. The molecule has 1 aliphatic rings. The van der Waals surface area contributed by atoms with E-state index in [0.717, 1.165) is 4.90 Å². The zero-order valence-electron chi connectivity index (χ0n) is 16.1. The highest BCUT2D eigenvalue weighted by Gasteiger charge is 2.36. The van der Waals surface area contributed by atoms with Gasteiger partial charge >= 0.3 is 6.03 Å². The van der Waals surface area contributed by atoms with Gasteiger partial charge in [0.05, 0.1) is 23.9 Å². The summed E-state index contributed by atoms with van der Waals surface area (Å²) in [4.78, 5) is 38.3. The van der Waals surface area contributed by atoms with Crippen LogP contribution in [0.1, 0.15) is 19.4 Å². The molecule has 1 heterocycles. The Bertz CT molecular complexity index is 999. The van der Waals surface area contributed by atoms with Gasteiger partial charge < -0.3 is 9.47 Å². The highest BCUT2D eigenvalue weighted by molar-refractivity contribution is 6.39. The Morgan fingerprint density at radius 3 is 2.34 bits per heavy atom. The van der Waals surface area contributed by atoms with E-state index < -0.39 is 17.8 Å². The lowest BCUT2D eigenvalue weighted by molar-refractivity contribution is -0.122. The maximum absolute atomic E-state index is 12.9. The number of methoxy groups -OCH3 is 1. The number of hydrogen-bond acceptors (Lipinski definition) is 5. The topological polar surface area (TPSA) is 84.9 Å². The van der Waals surface area contributed by atoms with Crippen molar-refractivity contribution in [2.24, 2.45) is 0 Å². The number of ether oxygens (including phenoxy) is 2. The predicted molar refractivity (Wildman–Crippen MR) is 109 cm³/mol. The Hall–Kier alpha value is -3.32. The minimum Gasteiger partial charge on any atom is -0.497 e. The van der Waals surface area contributed by atoms with E-state index in [1.165, 1.54) is 13.2 Å². The van der Waals surface area contributed by atoms with Crippen molar-refractivity contribution < 1.29 is 23.9 Å². The summed E-state index contributed by atoms with van der Waals surface area (Å²) in [5.41, 5.74) is 0.646. The molecule has 3 rings (SSSR count). The fourth-order valence-electron chi connectivity index (χ4n) is 2.75. The van der Waals surface area contributed by atoms with Gasteiger partial charge in [-0.3, -0.25) is 14.9 Å². The number of urea groups is 1. The molecular formula is C21H19ClN2O5. The number of anilines is 1. The van der Waals surface area contributed by atoms with Crippen LogP contribution < -0.4 is 19.7 Å². The smallest absolute Gasteiger partial charge is 0.335 e. The molecule has 0 aromatic heterocycles. The van der Waals surface area contributed by atoms with Gasteiger partial charge in [0.2, 0.25) is 0 Å². The van der Waals surface area contributed by atoms with Crippen LogP contribution in [0, 0.1) is 0 Å². The number of nitrogens with one attached hydrogen (secondary N) is 1. The number of carbonyl (C=O) groups is 3. The van der Waals surface area contributed by atoms with Crippen LogP contribution in [-0.4, -0.2) is 31.1 Å². The van der Waals surface area contributed by atoms with Crippen molar-refractivity contribution in [2.75, 3.05) is 12.0 Å². The number of nitrogens with zero attached hydrogens (tertiary/aromatic N) is 1. The molecule has 1 aliphatic heterocycles. The number of hydrogen-bond donors (Lipinski definition) is 1. The summed E-state index contributed by atoms with van der Waals surface area (Å²) in [6, 6.07) is 10.4. The van der Waals surface area contributed by atoms with E-state index in [9.17, 15) is 14.4 Å². The highest BCUT2D eigenvalue weighted by Crippen LogP contribution is 2.29. The van der Waals surface area contributed by atoms with E-state index in [-0.39, 0.29) is 11.7 Å². The first-order valence-corrected chi connectivity index (χ1v) is 9.19. The van der Waals surface area contributed by atoms with Crippen LogP contribution in [0.15, 0.2) is 48.0 Å². The normalized spacial score (nSPS) is 15.7. The molecule has 0 aliphatic carbocycles. The third-order valence-electron chi connectivity index (χ3n) is 4.06. The van der Waals surface area contributed by atoms with Crippen molar-refractivity contribution in [3.05, 3.63) is 58.6 Å². The van der Waals surface area contributed by atoms with Crippen LogP contribution in [-0.2, 0) is 9.59 Å². The fourth-order valence-corrected chi connectivity index (χ4v) is 2.98. The van der Waals surface area contributed by atoms with Gasteiger partial charge in [-0.1, -0.05) is 17.7 Å². The Kier molecular flexibility index (Phi) is 5.89. The molecule has 1 N–H and O–H groups in total. The highest BCUT2D eigenvalue weighted by atomic mass is 35.5. The molecule has 0 spiro atoms. The lowest BCUT2D eigenvalue weighted by Crippen LogP contribution is -2.54. The van der Waals surface area contributed by atoms with E-state index in [0.29, 0.717) is 27.8 Å². The number of amides is 4. The molecule has 0 bridgehead atoms. The van der Waals surface area contributed by atoms with Crippen LogP contribution in [0.3, 0.4) is 0 Å². The second kappa shape index (κ2) is 8.36. The quantitative estimate of drug-likeness (QED) is 0.594. The van der Waals surface area contributed by atoms with Crippen molar-refractivity contribution >= 4 is 41.2 Å². The molecule has 0 atom stereocenters. The largest absolute Gasteiger partial charge is 0.497 e. The Morgan fingerprint density at radius 2 is 1.76 bits per heavy atom. The number of imide groups is 2. The number of carbonyl (C=O) groups excluding carboxylic acids is 3. The number of rotatable bonds is 5. The molecular weight excluding hydrogens is 396 g/mol. The average Bonchev–Trinajstić information content (AvgIpc) is 2.67. The van der Waals surface area contributed by atoms with Gasteiger partial charge in [0, 0.05) is 0 Å². The maximum atomic E-state index is 12.9. The number of barbiturate groups is 1. The van der Waals surface area contributed by atoms with Gasteiger partial charge in [0.25, 0.3) is 11.8 Å². The zero-order valence-corrected chi connectivity index (χ0v) is 16.8. The van der Waals surface area contributed by atoms with Gasteiger partial charge in [-0.2, -0.15) is 0 Å². The van der Waals surface area contributed by atoms with Crippen LogP contribution >= 0.6 is 11.6 Å². The average molecular weight is 415 g/mol. The third kappa shape index (κ3) is 4.41. The van der Waals surface area contributed by atoms with Crippen molar-refractivity contribution in [3.63, 3.8) is 0 Å². The lowest BCUT2D eigenvalue weighted by Gasteiger charge is -2.26. The molecule has 29 heavy (non-hydrogen) atoms. The van der Waals surface area contributed by atoms with Crippen LogP contribution in [0.25, 0.3) is 6.08 Å². The summed E-state index contributed by atoms with van der Waals surface area (Å²) in [6.07, 6.45) is 1.33. The van der Waals surface area contributed by atoms with Crippen LogP contribution in [0.4, 0.5) is 10.5 Å². The molecule has 2 aromatic carbocycles. The van der Waals surface area contributed by atoms with Crippen LogP contribution in [0.5, 0.6) is 11.5 Å². The van der Waals surface area contributed by atoms with Gasteiger partial charge in [-0.25, -0.2) is 9.69 Å².